The normalized spacial score (nSPS) is 15.2. The van der Waals surface area contributed by atoms with Crippen LogP contribution in [0.3, 0.4) is 0 Å². The van der Waals surface area contributed by atoms with Gasteiger partial charge in [-0.15, -0.1) is 0 Å². The molecule has 0 unspecified atom stereocenters. The molecule has 1 fully saturated rings. The second kappa shape index (κ2) is 13.2. The van der Waals surface area contributed by atoms with Crippen molar-refractivity contribution in [3.05, 3.63) is 47.7 Å². The van der Waals surface area contributed by atoms with Gasteiger partial charge in [0.2, 0.25) is 6.41 Å². The van der Waals surface area contributed by atoms with Crippen LogP contribution < -0.4 is 10.6 Å². The van der Waals surface area contributed by atoms with E-state index in [0.29, 0.717) is 37.8 Å². The van der Waals surface area contributed by atoms with Crippen LogP contribution in [0.25, 0.3) is 11.1 Å². The molecule has 3 aromatic rings. The highest BCUT2D eigenvalue weighted by atomic mass is 19.1. The lowest BCUT2D eigenvalue weighted by Gasteiger charge is -2.28. The van der Waals surface area contributed by atoms with Crippen molar-refractivity contribution in [3.63, 3.8) is 0 Å². The third-order valence-electron chi connectivity index (χ3n) is 6.06. The van der Waals surface area contributed by atoms with Crippen LogP contribution in [0.1, 0.15) is 44.0 Å². The molecule has 1 amide bonds. The van der Waals surface area contributed by atoms with E-state index in [1.165, 1.54) is 6.07 Å². The molecule has 5 rings (SSSR count). The average molecular weight is 500 g/mol. The first-order valence-electron chi connectivity index (χ1n) is 12.6. The van der Waals surface area contributed by atoms with Gasteiger partial charge >= 0.3 is 0 Å². The van der Waals surface area contributed by atoms with E-state index in [0.717, 1.165) is 48.1 Å². The summed E-state index contributed by atoms with van der Waals surface area (Å²) in [4.78, 5) is 13.1. The molecule has 0 radical (unpaired) electrons. The number of hydrogen-bond acceptors (Lipinski definition) is 6. The van der Waals surface area contributed by atoms with Gasteiger partial charge in [0.1, 0.15) is 5.82 Å². The summed E-state index contributed by atoms with van der Waals surface area (Å²) >= 11 is 0. The Hall–Kier alpha value is -3.24. The predicted molar refractivity (Wildman–Crippen MR) is 140 cm³/mol. The number of ether oxygens (including phenoxy) is 1. The zero-order valence-electron chi connectivity index (χ0n) is 21.9. The van der Waals surface area contributed by atoms with Crippen LogP contribution in [0.4, 0.5) is 15.9 Å². The van der Waals surface area contributed by atoms with Crippen LogP contribution in [0.2, 0.25) is 0 Å². The number of aromatic nitrogens is 4. The fourth-order valence-electron chi connectivity index (χ4n) is 4.38. The highest BCUT2D eigenvalue weighted by Crippen LogP contribution is 2.34. The molecule has 1 aromatic carbocycles. The molecule has 0 spiro atoms. The lowest BCUT2D eigenvalue weighted by molar-refractivity contribution is -0.118. The molecule has 36 heavy (non-hydrogen) atoms. The standard InChI is InChI=1S/C22H25FN6O2.C2H7N.C2H6/c1-27-12-16(11-24-27)15-2-3-20(19(23)10-15)25-22-18-13-28(14-30)7-4-21(18)29(26-22)17-5-8-31-9-6-17;1-3-2;1-2/h2-3,10-12,14,17H,4-9,13H2,1H3,(H,25,26);3H,1-2H3;1-2H3. The molecular formula is C26H38FN7O2. The second-order valence-electron chi connectivity index (χ2n) is 8.61. The molecule has 196 valence electrons. The summed E-state index contributed by atoms with van der Waals surface area (Å²) in [5, 5.41) is 14.9. The van der Waals surface area contributed by atoms with Crippen molar-refractivity contribution in [1.82, 2.24) is 29.8 Å². The Kier molecular flexibility index (Phi) is 10.0. The van der Waals surface area contributed by atoms with Crippen molar-refractivity contribution in [2.24, 2.45) is 7.05 Å². The van der Waals surface area contributed by atoms with Gasteiger partial charge < -0.3 is 20.3 Å². The molecule has 10 heteroatoms. The maximum absolute atomic E-state index is 15.0. The second-order valence-corrected chi connectivity index (χ2v) is 8.61. The van der Waals surface area contributed by atoms with E-state index in [1.807, 2.05) is 47.3 Å². The van der Waals surface area contributed by atoms with Crippen molar-refractivity contribution in [3.8, 4) is 11.1 Å². The van der Waals surface area contributed by atoms with Crippen molar-refractivity contribution >= 4 is 17.9 Å². The fraction of sp³-hybridized carbons (Fsp3) is 0.500. The molecule has 2 aliphatic rings. The number of halogens is 1. The zero-order valence-corrected chi connectivity index (χ0v) is 21.9. The number of aryl methyl sites for hydroxylation is 1. The van der Waals surface area contributed by atoms with Crippen molar-refractivity contribution in [2.45, 2.75) is 45.7 Å². The third kappa shape index (κ3) is 6.30. The highest BCUT2D eigenvalue weighted by molar-refractivity contribution is 5.68. The van der Waals surface area contributed by atoms with Gasteiger partial charge in [0.05, 0.1) is 24.5 Å². The SMILES string of the molecule is CC.CNC.Cn1cc(-c2ccc(Nc3nn(C4CCOCC4)c4c3CN(C=O)CC4)c(F)c2)cn1. The molecule has 0 aliphatic carbocycles. The summed E-state index contributed by atoms with van der Waals surface area (Å²) in [6.07, 6.45) is 6.96. The molecule has 2 aliphatic heterocycles. The number of carbonyl (C=O) groups is 1. The minimum atomic E-state index is -0.362. The lowest BCUT2D eigenvalue weighted by Crippen LogP contribution is -2.31. The van der Waals surface area contributed by atoms with E-state index in [1.54, 1.807) is 21.8 Å². The van der Waals surface area contributed by atoms with Gasteiger partial charge in [-0.1, -0.05) is 19.9 Å². The van der Waals surface area contributed by atoms with E-state index in [4.69, 9.17) is 9.84 Å². The van der Waals surface area contributed by atoms with Gasteiger partial charge in [-0.25, -0.2) is 4.39 Å². The van der Waals surface area contributed by atoms with Gasteiger partial charge in [0.15, 0.2) is 5.82 Å². The first-order chi connectivity index (χ1) is 17.5. The number of rotatable bonds is 5. The molecule has 0 bridgehead atoms. The Bertz CT molecular complexity index is 1120. The van der Waals surface area contributed by atoms with E-state index < -0.39 is 0 Å². The average Bonchev–Trinajstić information content (AvgIpc) is 3.51. The van der Waals surface area contributed by atoms with Crippen LogP contribution in [-0.4, -0.2) is 64.7 Å². The maximum atomic E-state index is 15.0. The van der Waals surface area contributed by atoms with Gasteiger partial charge in [-0.3, -0.25) is 14.2 Å². The zero-order chi connectivity index (χ0) is 26.1. The fourth-order valence-corrected chi connectivity index (χ4v) is 4.38. The Morgan fingerprint density at radius 1 is 1.17 bits per heavy atom. The Balaban J connectivity index is 0.000000674. The van der Waals surface area contributed by atoms with Gasteiger partial charge in [-0.2, -0.15) is 10.2 Å². The van der Waals surface area contributed by atoms with Crippen LogP contribution in [0.5, 0.6) is 0 Å². The number of hydrogen-bond donors (Lipinski definition) is 2. The molecule has 9 nitrogen and oxygen atoms in total. The van der Waals surface area contributed by atoms with Crippen LogP contribution >= 0.6 is 0 Å². The predicted octanol–water partition coefficient (Wildman–Crippen LogP) is 3.89. The monoisotopic (exact) mass is 499 g/mol. The van der Waals surface area contributed by atoms with Crippen LogP contribution in [0.15, 0.2) is 30.6 Å². The molecule has 0 atom stereocenters. The number of fused-ring (bicyclic) bond motifs is 1. The van der Waals surface area contributed by atoms with E-state index in [2.05, 4.69) is 20.4 Å². The van der Waals surface area contributed by atoms with Crippen molar-refractivity contribution in [1.29, 1.82) is 0 Å². The summed E-state index contributed by atoms with van der Waals surface area (Å²) < 4.78 is 24.2. The largest absolute Gasteiger partial charge is 0.381 e. The summed E-state index contributed by atoms with van der Waals surface area (Å²) in [5.41, 5.74) is 4.06. The van der Waals surface area contributed by atoms with Crippen LogP contribution in [0, 0.1) is 5.82 Å². The van der Waals surface area contributed by atoms with E-state index >= 15 is 0 Å². The number of carbonyl (C=O) groups excluding carboxylic acids is 1. The topological polar surface area (TPSA) is 89.2 Å². The number of nitrogens with zero attached hydrogens (tertiary/aromatic N) is 5. The molecule has 1 saturated heterocycles. The molecule has 2 aromatic heterocycles. The third-order valence-corrected chi connectivity index (χ3v) is 6.06. The number of nitrogens with one attached hydrogen (secondary N) is 2. The number of anilines is 2. The van der Waals surface area contributed by atoms with Gasteiger partial charge in [-0.05, 0) is 44.6 Å². The molecule has 0 saturated carbocycles. The summed E-state index contributed by atoms with van der Waals surface area (Å²) in [6, 6.07) is 5.34. The van der Waals surface area contributed by atoms with Crippen molar-refractivity contribution in [2.75, 3.05) is 39.2 Å². The summed E-state index contributed by atoms with van der Waals surface area (Å²) in [5.74, 6) is 0.250. The summed E-state index contributed by atoms with van der Waals surface area (Å²) in [6.45, 7) is 6.57. The molecule has 4 heterocycles. The number of benzene rings is 1. The Morgan fingerprint density at radius 3 is 2.50 bits per heavy atom. The quantitative estimate of drug-likeness (QED) is 0.518. The number of amides is 1. The van der Waals surface area contributed by atoms with E-state index in [-0.39, 0.29) is 11.9 Å². The first kappa shape index (κ1) is 27.3. The molecular weight excluding hydrogens is 461 g/mol. The van der Waals surface area contributed by atoms with Gasteiger partial charge in [0.25, 0.3) is 0 Å². The lowest BCUT2D eigenvalue weighted by atomic mass is 10.0. The summed E-state index contributed by atoms with van der Waals surface area (Å²) in [7, 11) is 5.58. The minimum absolute atomic E-state index is 0.263. The molecule has 2 N–H and O–H groups in total. The smallest absolute Gasteiger partial charge is 0.210 e. The Labute approximate surface area is 212 Å². The minimum Gasteiger partial charge on any atom is -0.381 e. The van der Waals surface area contributed by atoms with Crippen molar-refractivity contribution < 1.29 is 13.9 Å². The van der Waals surface area contributed by atoms with E-state index in [9.17, 15) is 9.18 Å². The highest BCUT2D eigenvalue weighted by Gasteiger charge is 2.29. The maximum Gasteiger partial charge on any atom is 0.210 e. The van der Waals surface area contributed by atoms with Crippen LogP contribution in [-0.2, 0) is 29.5 Å². The Morgan fingerprint density at radius 2 is 1.89 bits per heavy atom. The first-order valence-corrected chi connectivity index (χ1v) is 12.6. The van der Waals surface area contributed by atoms with Gasteiger partial charge in [0, 0.05) is 56.2 Å².